The fourth-order valence-electron chi connectivity index (χ4n) is 2.78. The summed E-state index contributed by atoms with van der Waals surface area (Å²) in [7, 11) is 0. The van der Waals surface area contributed by atoms with Gasteiger partial charge in [-0.05, 0) is 18.6 Å². The van der Waals surface area contributed by atoms with Crippen LogP contribution in [0.4, 0.5) is 10.1 Å². The Morgan fingerprint density at radius 3 is 2.65 bits per heavy atom. The number of nitrogens with one attached hydrogen (secondary N) is 1. The van der Waals surface area contributed by atoms with Gasteiger partial charge in [0.05, 0.1) is 5.69 Å². The minimum atomic E-state index is -0.118. The molecule has 20 heavy (non-hydrogen) atoms. The van der Waals surface area contributed by atoms with Gasteiger partial charge in [0.2, 0.25) is 0 Å². The van der Waals surface area contributed by atoms with Gasteiger partial charge < -0.3 is 10.2 Å². The van der Waals surface area contributed by atoms with Crippen LogP contribution in [0, 0.1) is 5.82 Å². The minimum absolute atomic E-state index is 0.118. The van der Waals surface area contributed by atoms with Crippen LogP contribution >= 0.6 is 0 Å². The van der Waals surface area contributed by atoms with Crippen LogP contribution in [0.1, 0.15) is 6.92 Å². The van der Waals surface area contributed by atoms with E-state index in [4.69, 9.17) is 0 Å². The second-order valence-electron chi connectivity index (χ2n) is 5.25. The molecule has 0 saturated carbocycles. The number of piperazine rings is 1. The molecule has 0 spiro atoms. The predicted octanol–water partition coefficient (Wildman–Crippen LogP) is 3.29. The minimum Gasteiger partial charge on any atom is -0.364 e. The highest BCUT2D eigenvalue weighted by atomic mass is 19.1. The Morgan fingerprint density at radius 1 is 1.10 bits per heavy atom. The summed E-state index contributed by atoms with van der Waals surface area (Å²) in [5, 5.41) is 3.34. The summed E-state index contributed by atoms with van der Waals surface area (Å²) in [5.41, 5.74) is 2.31. The lowest BCUT2D eigenvalue weighted by Gasteiger charge is -2.36. The lowest BCUT2D eigenvalue weighted by atomic mass is 10.0. The average molecular weight is 270 g/mol. The van der Waals surface area contributed by atoms with Crippen LogP contribution in [0.25, 0.3) is 11.1 Å². The van der Waals surface area contributed by atoms with Crippen LogP contribution in [0.15, 0.2) is 48.5 Å². The Bertz CT molecular complexity index is 583. The first-order valence-corrected chi connectivity index (χ1v) is 7.08. The number of rotatable bonds is 2. The van der Waals surface area contributed by atoms with Gasteiger partial charge in [-0.1, -0.05) is 42.5 Å². The van der Waals surface area contributed by atoms with Crippen LogP contribution < -0.4 is 10.2 Å². The Morgan fingerprint density at radius 2 is 1.90 bits per heavy atom. The third-order valence-electron chi connectivity index (χ3n) is 3.87. The van der Waals surface area contributed by atoms with Gasteiger partial charge in [0.1, 0.15) is 0 Å². The molecule has 0 aliphatic carbocycles. The molecule has 1 aliphatic heterocycles. The number of hydrogen-bond acceptors (Lipinski definition) is 2. The van der Waals surface area contributed by atoms with Crippen molar-refractivity contribution >= 4 is 5.69 Å². The van der Waals surface area contributed by atoms with E-state index >= 15 is 0 Å². The molecule has 0 bridgehead atoms. The highest BCUT2D eigenvalue weighted by molar-refractivity contribution is 5.70. The number of halogens is 1. The van der Waals surface area contributed by atoms with Crippen molar-refractivity contribution in [2.45, 2.75) is 13.0 Å². The first-order chi connectivity index (χ1) is 9.77. The van der Waals surface area contributed by atoms with E-state index in [1.54, 1.807) is 0 Å². The van der Waals surface area contributed by atoms with E-state index in [2.05, 4.69) is 17.1 Å². The highest BCUT2D eigenvalue weighted by Gasteiger charge is 2.22. The van der Waals surface area contributed by atoms with Gasteiger partial charge in [-0.2, -0.15) is 0 Å². The van der Waals surface area contributed by atoms with Gasteiger partial charge in [0, 0.05) is 31.2 Å². The summed E-state index contributed by atoms with van der Waals surface area (Å²) in [4.78, 5) is 2.15. The summed E-state index contributed by atoms with van der Waals surface area (Å²) in [6.07, 6.45) is 0. The van der Waals surface area contributed by atoms with E-state index in [9.17, 15) is 4.39 Å². The smallest absolute Gasteiger partial charge is 0.154 e. The van der Waals surface area contributed by atoms with E-state index in [1.807, 2.05) is 48.5 Å². The lowest BCUT2D eigenvalue weighted by molar-refractivity contribution is 0.491. The van der Waals surface area contributed by atoms with Gasteiger partial charge in [0.15, 0.2) is 5.82 Å². The molecule has 3 heteroatoms. The number of benzene rings is 2. The molecule has 1 heterocycles. The van der Waals surface area contributed by atoms with Crippen molar-refractivity contribution in [1.82, 2.24) is 5.32 Å². The van der Waals surface area contributed by atoms with Crippen LogP contribution in [-0.2, 0) is 0 Å². The largest absolute Gasteiger partial charge is 0.364 e. The van der Waals surface area contributed by atoms with Gasteiger partial charge in [-0.3, -0.25) is 0 Å². The third-order valence-corrected chi connectivity index (χ3v) is 3.87. The van der Waals surface area contributed by atoms with Gasteiger partial charge in [0.25, 0.3) is 0 Å². The molecule has 1 aliphatic rings. The molecule has 3 rings (SSSR count). The summed E-state index contributed by atoms with van der Waals surface area (Å²) < 4.78 is 14.9. The first kappa shape index (κ1) is 13.1. The molecular formula is C17H19FN2. The second kappa shape index (κ2) is 5.63. The standard InChI is InChI=1S/C17H19FN2/c1-13-12-19-10-11-20(13)16-9-5-8-15(17(16)18)14-6-3-2-4-7-14/h2-9,13,19H,10-12H2,1H3. The van der Waals surface area contributed by atoms with Crippen molar-refractivity contribution in [3.05, 3.63) is 54.3 Å². The predicted molar refractivity (Wildman–Crippen MR) is 81.5 cm³/mol. The fourth-order valence-corrected chi connectivity index (χ4v) is 2.78. The molecule has 2 nitrogen and oxygen atoms in total. The summed E-state index contributed by atoms with van der Waals surface area (Å²) in [6.45, 7) is 4.77. The molecule has 2 aromatic rings. The fraction of sp³-hybridized carbons (Fsp3) is 0.294. The number of hydrogen-bond donors (Lipinski definition) is 1. The Kier molecular flexibility index (Phi) is 3.70. The summed E-state index contributed by atoms with van der Waals surface area (Å²) in [6, 6.07) is 15.7. The van der Waals surface area contributed by atoms with E-state index in [0.717, 1.165) is 25.2 Å². The van der Waals surface area contributed by atoms with Crippen molar-refractivity contribution in [3.63, 3.8) is 0 Å². The molecule has 1 N–H and O–H groups in total. The van der Waals surface area contributed by atoms with E-state index in [1.165, 1.54) is 0 Å². The monoisotopic (exact) mass is 270 g/mol. The van der Waals surface area contributed by atoms with Crippen LogP contribution in [-0.4, -0.2) is 25.7 Å². The highest BCUT2D eigenvalue weighted by Crippen LogP contribution is 2.30. The van der Waals surface area contributed by atoms with Crippen molar-refractivity contribution < 1.29 is 4.39 Å². The topological polar surface area (TPSA) is 15.3 Å². The Hall–Kier alpha value is -1.87. The van der Waals surface area contributed by atoms with Gasteiger partial charge in [-0.25, -0.2) is 4.39 Å². The maximum atomic E-state index is 14.9. The van der Waals surface area contributed by atoms with E-state index < -0.39 is 0 Å². The van der Waals surface area contributed by atoms with Crippen molar-refractivity contribution in [2.24, 2.45) is 0 Å². The molecule has 0 aromatic heterocycles. The Balaban J connectivity index is 2.01. The average Bonchev–Trinajstić information content (AvgIpc) is 2.49. The molecule has 1 fully saturated rings. The maximum absolute atomic E-state index is 14.9. The zero-order valence-corrected chi connectivity index (χ0v) is 11.6. The molecule has 2 aromatic carbocycles. The first-order valence-electron chi connectivity index (χ1n) is 7.08. The van der Waals surface area contributed by atoms with Gasteiger partial charge >= 0.3 is 0 Å². The van der Waals surface area contributed by atoms with E-state index in [-0.39, 0.29) is 5.82 Å². The normalized spacial score (nSPS) is 19.1. The Labute approximate surface area is 119 Å². The third kappa shape index (κ3) is 2.41. The molecule has 0 radical (unpaired) electrons. The zero-order chi connectivity index (χ0) is 13.9. The molecule has 1 atom stereocenters. The van der Waals surface area contributed by atoms with Crippen LogP contribution in [0.2, 0.25) is 0 Å². The van der Waals surface area contributed by atoms with E-state index in [0.29, 0.717) is 17.3 Å². The zero-order valence-electron chi connectivity index (χ0n) is 11.6. The number of nitrogens with zero attached hydrogens (tertiary/aromatic N) is 1. The quantitative estimate of drug-likeness (QED) is 0.901. The van der Waals surface area contributed by atoms with Crippen LogP contribution in [0.3, 0.4) is 0 Å². The molecular weight excluding hydrogens is 251 g/mol. The summed E-state index contributed by atoms with van der Waals surface area (Å²) in [5.74, 6) is -0.118. The molecule has 104 valence electrons. The number of anilines is 1. The lowest BCUT2D eigenvalue weighted by Crippen LogP contribution is -2.50. The van der Waals surface area contributed by atoms with Gasteiger partial charge in [-0.15, -0.1) is 0 Å². The molecule has 1 saturated heterocycles. The van der Waals surface area contributed by atoms with Crippen LogP contribution in [0.5, 0.6) is 0 Å². The SMILES string of the molecule is CC1CNCCN1c1cccc(-c2ccccc2)c1F. The second-order valence-corrected chi connectivity index (χ2v) is 5.25. The molecule has 1 unspecified atom stereocenters. The molecule has 0 amide bonds. The van der Waals surface area contributed by atoms with Crippen molar-refractivity contribution in [3.8, 4) is 11.1 Å². The van der Waals surface area contributed by atoms with Crippen molar-refractivity contribution in [2.75, 3.05) is 24.5 Å². The maximum Gasteiger partial charge on any atom is 0.154 e. The summed E-state index contributed by atoms with van der Waals surface area (Å²) >= 11 is 0. The van der Waals surface area contributed by atoms with Crippen molar-refractivity contribution in [1.29, 1.82) is 0 Å².